The van der Waals surface area contributed by atoms with E-state index in [2.05, 4.69) is 58.8 Å². The van der Waals surface area contributed by atoms with Crippen LogP contribution >= 0.6 is 0 Å². The van der Waals surface area contributed by atoms with Crippen molar-refractivity contribution >= 4 is 40.1 Å². The predicted octanol–water partition coefficient (Wildman–Crippen LogP) is 3.84. The van der Waals surface area contributed by atoms with E-state index in [0.29, 0.717) is 12.5 Å². The van der Waals surface area contributed by atoms with Gasteiger partial charge >= 0.3 is 0 Å². The van der Waals surface area contributed by atoms with E-state index < -0.39 is 5.54 Å². The first-order chi connectivity index (χ1) is 17.3. The largest absolute Gasteiger partial charge is 0.338 e. The molecule has 1 aliphatic carbocycles. The molecule has 1 aliphatic heterocycles. The molecule has 2 aliphatic rings. The molecule has 1 fully saturated rings. The summed E-state index contributed by atoms with van der Waals surface area (Å²) in [6.45, 7) is 5.45. The van der Waals surface area contributed by atoms with E-state index in [1.165, 1.54) is 5.56 Å². The summed E-state index contributed by atoms with van der Waals surface area (Å²) in [7, 11) is 1.88. The summed E-state index contributed by atoms with van der Waals surface area (Å²) < 4.78 is 1.76. The van der Waals surface area contributed by atoms with Crippen molar-refractivity contribution in [1.82, 2.24) is 24.6 Å². The molecule has 2 aromatic heterocycles. The Morgan fingerprint density at radius 1 is 1.08 bits per heavy atom. The number of fused-ring (bicyclic) bond motifs is 2. The first-order valence-corrected chi connectivity index (χ1v) is 12.3. The highest BCUT2D eigenvalue weighted by Crippen LogP contribution is 2.36. The summed E-state index contributed by atoms with van der Waals surface area (Å²) in [5.41, 5.74) is 12.9. The third-order valence-electron chi connectivity index (χ3n) is 7.28. The van der Waals surface area contributed by atoms with Gasteiger partial charge in [-0.1, -0.05) is 24.3 Å². The van der Waals surface area contributed by atoms with Crippen LogP contribution in [0.3, 0.4) is 0 Å². The maximum atomic E-state index is 12.7. The fourth-order valence-corrected chi connectivity index (χ4v) is 4.92. The van der Waals surface area contributed by atoms with Gasteiger partial charge in [-0.15, -0.1) is 0 Å². The molecular weight excluding hydrogens is 452 g/mol. The monoisotopic (exact) mass is 482 g/mol. The molecular formula is C27H30N8O. The molecule has 0 unspecified atom stereocenters. The molecule has 3 heterocycles. The third kappa shape index (κ3) is 3.95. The normalized spacial score (nSPS) is 16.1. The fraction of sp³-hybridized carbons (Fsp3) is 0.333. The molecule has 0 radical (unpaired) electrons. The molecule has 0 atom stereocenters. The van der Waals surface area contributed by atoms with Gasteiger partial charge in [-0.2, -0.15) is 10.1 Å². The Morgan fingerprint density at radius 2 is 1.86 bits per heavy atom. The van der Waals surface area contributed by atoms with Crippen molar-refractivity contribution in [3.63, 3.8) is 0 Å². The van der Waals surface area contributed by atoms with E-state index >= 15 is 0 Å². The second kappa shape index (κ2) is 8.30. The second-order valence-corrected chi connectivity index (χ2v) is 10.0. The van der Waals surface area contributed by atoms with Gasteiger partial charge in [-0.25, -0.2) is 9.67 Å². The summed E-state index contributed by atoms with van der Waals surface area (Å²) in [4.78, 5) is 23.9. The Morgan fingerprint density at radius 3 is 2.61 bits per heavy atom. The Hall–Kier alpha value is -3.98. The summed E-state index contributed by atoms with van der Waals surface area (Å²) in [6, 6.07) is 12.4. The number of nitrogens with one attached hydrogen (secondary N) is 2. The van der Waals surface area contributed by atoms with Crippen LogP contribution in [0.25, 0.3) is 11.0 Å². The smallest absolute Gasteiger partial charge is 0.242 e. The van der Waals surface area contributed by atoms with E-state index in [9.17, 15) is 4.79 Å². The number of anilines is 4. The molecule has 36 heavy (non-hydrogen) atoms. The molecule has 2 aromatic carbocycles. The van der Waals surface area contributed by atoms with Crippen LogP contribution in [-0.2, 0) is 24.8 Å². The molecule has 0 saturated heterocycles. The van der Waals surface area contributed by atoms with E-state index in [4.69, 9.17) is 10.7 Å². The summed E-state index contributed by atoms with van der Waals surface area (Å²) >= 11 is 0. The first kappa shape index (κ1) is 22.5. The minimum absolute atomic E-state index is 0.0711. The van der Waals surface area contributed by atoms with E-state index in [1.54, 1.807) is 10.9 Å². The van der Waals surface area contributed by atoms with Crippen LogP contribution in [0.2, 0.25) is 0 Å². The second-order valence-electron chi connectivity index (χ2n) is 10.0. The Kier molecular flexibility index (Phi) is 5.19. The Balaban J connectivity index is 1.23. The molecule has 0 bridgehead atoms. The van der Waals surface area contributed by atoms with Crippen LogP contribution in [0.15, 0.2) is 42.6 Å². The number of nitrogens with two attached hydrogens (primary N) is 1. The van der Waals surface area contributed by atoms with Gasteiger partial charge in [0.15, 0.2) is 11.5 Å². The Labute approximate surface area is 209 Å². The predicted molar refractivity (Wildman–Crippen MR) is 141 cm³/mol. The van der Waals surface area contributed by atoms with Gasteiger partial charge in [0.1, 0.15) is 0 Å². The van der Waals surface area contributed by atoms with E-state index in [-0.39, 0.29) is 5.91 Å². The molecule has 0 spiro atoms. The molecule has 9 nitrogen and oxygen atoms in total. The molecule has 1 saturated carbocycles. The molecule has 6 rings (SSSR count). The summed E-state index contributed by atoms with van der Waals surface area (Å²) in [5, 5.41) is 12.3. The third-order valence-corrected chi connectivity index (χ3v) is 7.28. The average molecular weight is 483 g/mol. The highest BCUT2D eigenvalue weighted by molar-refractivity contribution is 5.90. The number of carbonyl (C=O) groups is 1. The van der Waals surface area contributed by atoms with Crippen LogP contribution in [0.1, 0.15) is 35.1 Å². The van der Waals surface area contributed by atoms with Crippen molar-refractivity contribution in [1.29, 1.82) is 0 Å². The van der Waals surface area contributed by atoms with Crippen LogP contribution in [-0.4, -0.2) is 42.6 Å². The number of aryl methyl sites for hydroxylation is 3. The number of hydrogen-bond acceptors (Lipinski definition) is 7. The summed E-state index contributed by atoms with van der Waals surface area (Å²) in [6.07, 6.45) is 4.20. The van der Waals surface area contributed by atoms with E-state index in [1.807, 2.05) is 24.1 Å². The zero-order chi connectivity index (χ0) is 25.0. The quantitative estimate of drug-likeness (QED) is 0.396. The van der Waals surface area contributed by atoms with Gasteiger partial charge < -0.3 is 21.3 Å². The van der Waals surface area contributed by atoms with Crippen LogP contribution < -0.4 is 16.4 Å². The standard InChI is InChI=1S/C27H30N8O/c1-16-5-4-6-17(2)22(16)31-23-21-14-29-26(32-24(21)34(3)33-23)30-20-8-7-18-9-12-35(15-19(18)13-20)25(36)27(28)10-11-27/h4-8,13-14H,9-12,15,28H2,1-3H3,(H,31,33)(H,29,30,32). The lowest BCUT2D eigenvalue weighted by molar-refractivity contribution is -0.134. The van der Waals surface area contributed by atoms with Gasteiger partial charge in [-0.05, 0) is 67.5 Å². The minimum Gasteiger partial charge on any atom is -0.338 e. The van der Waals surface area contributed by atoms with Gasteiger partial charge in [0.05, 0.1) is 10.9 Å². The lowest BCUT2D eigenvalue weighted by Crippen LogP contribution is -2.47. The van der Waals surface area contributed by atoms with Crippen molar-refractivity contribution in [3.05, 3.63) is 64.8 Å². The number of hydrogen-bond donors (Lipinski definition) is 3. The lowest BCUT2D eigenvalue weighted by atomic mass is 9.98. The van der Waals surface area contributed by atoms with Gasteiger partial charge in [0.25, 0.3) is 0 Å². The maximum absolute atomic E-state index is 12.7. The molecule has 4 aromatic rings. The number of nitrogens with zero attached hydrogens (tertiary/aromatic N) is 5. The number of amides is 1. The van der Waals surface area contributed by atoms with Crippen LogP contribution in [0.4, 0.5) is 23.1 Å². The van der Waals surface area contributed by atoms with Crippen LogP contribution in [0, 0.1) is 13.8 Å². The molecule has 184 valence electrons. The number of rotatable bonds is 5. The van der Waals surface area contributed by atoms with Crippen molar-refractivity contribution in [3.8, 4) is 0 Å². The van der Waals surface area contributed by atoms with Crippen LogP contribution in [0.5, 0.6) is 0 Å². The fourth-order valence-electron chi connectivity index (χ4n) is 4.92. The zero-order valence-electron chi connectivity index (χ0n) is 20.8. The number of carbonyl (C=O) groups excluding carboxylic acids is 1. The first-order valence-electron chi connectivity index (χ1n) is 12.3. The molecule has 4 N–H and O–H groups in total. The SMILES string of the molecule is Cc1cccc(C)c1Nc1nn(C)c2nc(Nc3ccc4c(c3)CN(C(=O)C3(N)CC3)CC4)ncc12. The maximum Gasteiger partial charge on any atom is 0.242 e. The number of para-hydroxylation sites is 1. The van der Waals surface area contributed by atoms with Crippen molar-refractivity contribution < 1.29 is 4.79 Å². The van der Waals surface area contributed by atoms with E-state index in [0.717, 1.165) is 70.7 Å². The lowest BCUT2D eigenvalue weighted by Gasteiger charge is -2.31. The zero-order valence-corrected chi connectivity index (χ0v) is 20.8. The van der Waals surface area contributed by atoms with Crippen molar-refractivity contribution in [2.75, 3.05) is 17.2 Å². The molecule has 9 heteroatoms. The number of aromatic nitrogens is 4. The number of benzene rings is 2. The highest BCUT2D eigenvalue weighted by Gasteiger charge is 2.48. The van der Waals surface area contributed by atoms with Gasteiger partial charge in [0.2, 0.25) is 11.9 Å². The minimum atomic E-state index is -0.634. The Bertz CT molecular complexity index is 1480. The average Bonchev–Trinajstić information content (AvgIpc) is 3.55. The van der Waals surface area contributed by atoms with Gasteiger partial charge in [-0.3, -0.25) is 4.79 Å². The topological polar surface area (TPSA) is 114 Å². The molecule has 1 amide bonds. The highest BCUT2D eigenvalue weighted by atomic mass is 16.2. The van der Waals surface area contributed by atoms with Crippen molar-refractivity contribution in [2.24, 2.45) is 12.8 Å². The van der Waals surface area contributed by atoms with Crippen molar-refractivity contribution in [2.45, 2.75) is 45.2 Å². The van der Waals surface area contributed by atoms with Gasteiger partial charge in [0, 0.05) is 37.7 Å². The summed E-state index contributed by atoms with van der Waals surface area (Å²) in [5.74, 6) is 1.29.